The van der Waals surface area contributed by atoms with E-state index in [9.17, 15) is 45.5 Å². The van der Waals surface area contributed by atoms with Crippen molar-refractivity contribution in [1.82, 2.24) is 30.6 Å². The molecule has 5 N–H and O–H groups in total. The number of halogens is 6. The van der Waals surface area contributed by atoms with Crippen molar-refractivity contribution in [3.63, 3.8) is 0 Å². The summed E-state index contributed by atoms with van der Waals surface area (Å²) in [5, 5.41) is 34.5. The molecule has 2 aliphatic rings. The molecular weight excluding hydrogens is 957 g/mol. The number of hydrogen-bond donors (Lipinski definition) is 5. The number of aromatic amines is 1. The maximum atomic E-state index is 13.7. The van der Waals surface area contributed by atoms with Gasteiger partial charge >= 0.3 is 19.0 Å². The summed E-state index contributed by atoms with van der Waals surface area (Å²) < 4.78 is 81.7. The molecule has 6 aromatic carbocycles. The van der Waals surface area contributed by atoms with Gasteiger partial charge in [-0.3, -0.25) is 24.3 Å². The number of nitrogens with zero attached hydrogens (tertiary/aromatic N) is 5. The number of aromatic nitrogens is 4. The number of hydrogen-bond acceptors (Lipinski definition) is 8. The maximum absolute atomic E-state index is 13.7. The molecule has 2 fully saturated rings. The average molecular weight is 1000 g/mol. The SMILES string of the molecule is CC(F)(F)C(=O)N[C@H]1CC(=O)N(c2ccc3[nH]ncc3c2)[C@@H]1c1ccccc1.CC(F)(F)C(=O)N[C@H]1CC(=O)N(c2ccc3c(cnn3-c3cccc(F)c3)c2)[C@@H]1c1ccccc1.OB(O)c1cccc(F)c1. The fourth-order valence-electron chi connectivity index (χ4n) is 8.72. The predicted octanol–water partition coefficient (Wildman–Crippen LogP) is 7.47. The predicted molar refractivity (Wildman–Crippen MR) is 261 cm³/mol. The van der Waals surface area contributed by atoms with Crippen LogP contribution in [0.2, 0.25) is 0 Å². The van der Waals surface area contributed by atoms with Crippen LogP contribution >= 0.6 is 0 Å². The minimum Gasteiger partial charge on any atom is -0.423 e. The molecule has 2 aliphatic heterocycles. The highest BCUT2D eigenvalue weighted by molar-refractivity contribution is 6.58. The van der Waals surface area contributed by atoms with Crippen LogP contribution in [0, 0.1) is 11.6 Å². The average Bonchev–Trinajstić information content (AvgIpc) is 4.15. The number of nitrogens with one attached hydrogen (secondary N) is 3. The second-order valence-electron chi connectivity index (χ2n) is 17.4. The van der Waals surface area contributed by atoms with Gasteiger partial charge in [0, 0.05) is 48.8 Å². The summed E-state index contributed by atoms with van der Waals surface area (Å²) >= 11 is 0. The molecule has 374 valence electrons. The zero-order valence-electron chi connectivity index (χ0n) is 38.8. The standard InChI is InChI=1S/C26H21F3N4O2.C20H18F2N4O2.C6H6BFO2/c1-26(28,29)25(35)31-21-14-23(34)32(24(21)16-6-3-2-4-7-16)19-10-11-22-17(12-19)15-30-33(22)20-9-5-8-18(27)13-20;1-20(21,22)19(28)24-16-10-17(27)26(18(16)12-5-3-2-4-6-12)14-7-8-15-13(9-14)11-23-25-15;8-6-3-1-2-5(4-6)7(9)10/h2-13,15,21,24H,14H2,1H3,(H,31,35);2-9,11,16,18H,10H2,1H3,(H,23,25)(H,24,28);1-4,9-10H/t21-,24+;16-,18+;/m00./s1. The van der Waals surface area contributed by atoms with Crippen LogP contribution in [0.3, 0.4) is 0 Å². The van der Waals surface area contributed by atoms with Gasteiger partial charge in [0.2, 0.25) is 11.8 Å². The van der Waals surface area contributed by atoms with E-state index in [1.807, 2.05) is 42.5 Å². The highest BCUT2D eigenvalue weighted by Crippen LogP contribution is 2.40. The van der Waals surface area contributed by atoms with Crippen molar-refractivity contribution >= 4 is 69.4 Å². The molecule has 4 heterocycles. The fourth-order valence-corrected chi connectivity index (χ4v) is 8.72. The Hall–Kier alpha value is -8.30. The summed E-state index contributed by atoms with van der Waals surface area (Å²) in [5.41, 5.74) is 4.86. The Kier molecular flexibility index (Phi) is 14.8. The second kappa shape index (κ2) is 21.2. The van der Waals surface area contributed by atoms with E-state index in [4.69, 9.17) is 10.0 Å². The van der Waals surface area contributed by atoms with Crippen LogP contribution in [0.1, 0.15) is 49.9 Å². The third-order valence-electron chi connectivity index (χ3n) is 12.1. The van der Waals surface area contributed by atoms with Crippen LogP contribution in [0.5, 0.6) is 0 Å². The molecule has 0 unspecified atom stereocenters. The van der Waals surface area contributed by atoms with Gasteiger partial charge in [-0.2, -0.15) is 27.8 Å². The number of benzene rings is 6. The molecule has 0 radical (unpaired) electrons. The molecule has 10 rings (SSSR count). The van der Waals surface area contributed by atoms with E-state index in [2.05, 4.69) is 25.9 Å². The van der Waals surface area contributed by atoms with Gasteiger partial charge < -0.3 is 30.5 Å². The Morgan fingerprint density at radius 3 is 1.62 bits per heavy atom. The topological polar surface area (TPSA) is 186 Å². The van der Waals surface area contributed by atoms with Gasteiger partial charge in [0.05, 0.1) is 53.3 Å². The van der Waals surface area contributed by atoms with Crippen LogP contribution in [-0.2, 0) is 19.2 Å². The van der Waals surface area contributed by atoms with E-state index in [1.165, 1.54) is 35.2 Å². The van der Waals surface area contributed by atoms with Crippen molar-refractivity contribution in [2.75, 3.05) is 9.80 Å². The first-order valence-corrected chi connectivity index (χ1v) is 22.7. The number of rotatable bonds is 10. The zero-order valence-corrected chi connectivity index (χ0v) is 38.8. The van der Waals surface area contributed by atoms with Crippen molar-refractivity contribution in [2.24, 2.45) is 0 Å². The summed E-state index contributed by atoms with van der Waals surface area (Å²) in [7, 11) is -1.59. The molecule has 2 aromatic heterocycles. The molecule has 21 heteroatoms. The highest BCUT2D eigenvalue weighted by atomic mass is 19.3. The molecule has 0 spiro atoms. The summed E-state index contributed by atoms with van der Waals surface area (Å²) in [5.74, 6) is -11.3. The minimum atomic E-state index is -3.57. The van der Waals surface area contributed by atoms with Gasteiger partial charge in [-0.25, -0.2) is 13.5 Å². The highest BCUT2D eigenvalue weighted by Gasteiger charge is 2.46. The molecule has 2 saturated heterocycles. The van der Waals surface area contributed by atoms with Crippen LogP contribution in [-0.4, -0.2) is 84.7 Å². The third-order valence-corrected chi connectivity index (χ3v) is 12.1. The Bertz CT molecular complexity index is 3280. The summed E-state index contributed by atoms with van der Waals surface area (Å²) in [6, 6.07) is 37.0. The van der Waals surface area contributed by atoms with E-state index < -0.39 is 60.8 Å². The van der Waals surface area contributed by atoms with Gasteiger partial charge in [0.1, 0.15) is 11.6 Å². The largest absolute Gasteiger partial charge is 0.488 e. The molecule has 8 aromatic rings. The number of amides is 4. The first-order chi connectivity index (χ1) is 34.8. The Balaban J connectivity index is 0.000000167. The van der Waals surface area contributed by atoms with Gasteiger partial charge in [-0.15, -0.1) is 0 Å². The van der Waals surface area contributed by atoms with Crippen molar-refractivity contribution in [3.8, 4) is 5.69 Å². The van der Waals surface area contributed by atoms with Gasteiger partial charge in [-0.1, -0.05) is 78.9 Å². The molecule has 0 bridgehead atoms. The first-order valence-electron chi connectivity index (χ1n) is 22.7. The Labute approximate surface area is 413 Å². The molecule has 14 nitrogen and oxygen atoms in total. The quantitative estimate of drug-likeness (QED) is 0.0690. The molecule has 4 atom stereocenters. The van der Waals surface area contributed by atoms with Crippen molar-refractivity contribution < 1.29 is 55.6 Å². The Morgan fingerprint density at radius 1 is 0.616 bits per heavy atom. The lowest BCUT2D eigenvalue weighted by atomic mass is 9.80. The number of fused-ring (bicyclic) bond motifs is 2. The molecular formula is C52H45BF6N8O6. The fraction of sp³-hybridized carbons (Fsp3) is 0.192. The van der Waals surface area contributed by atoms with E-state index >= 15 is 0 Å². The lowest BCUT2D eigenvalue weighted by molar-refractivity contribution is -0.144. The van der Waals surface area contributed by atoms with Crippen molar-refractivity contribution in [1.29, 1.82) is 0 Å². The van der Waals surface area contributed by atoms with E-state index in [0.717, 1.165) is 22.5 Å². The zero-order chi connectivity index (χ0) is 52.2. The van der Waals surface area contributed by atoms with Crippen LogP contribution in [0.25, 0.3) is 27.5 Å². The monoisotopic (exact) mass is 1000 g/mol. The summed E-state index contributed by atoms with van der Waals surface area (Å²) in [6.45, 7) is 1.07. The number of alkyl halides is 4. The molecule has 4 amide bonds. The van der Waals surface area contributed by atoms with Crippen LogP contribution in [0.4, 0.5) is 37.7 Å². The summed E-state index contributed by atoms with van der Waals surface area (Å²) in [6.07, 6.45) is 3.07. The van der Waals surface area contributed by atoms with E-state index in [1.54, 1.807) is 88.7 Å². The van der Waals surface area contributed by atoms with Gasteiger partial charge in [0.25, 0.3) is 11.8 Å². The number of carbonyl (C=O) groups excluding carboxylic acids is 4. The number of H-pyrrole nitrogens is 1. The summed E-state index contributed by atoms with van der Waals surface area (Å²) in [4.78, 5) is 53.0. The van der Waals surface area contributed by atoms with Gasteiger partial charge in [-0.05, 0) is 83.3 Å². The van der Waals surface area contributed by atoms with Crippen LogP contribution < -0.4 is 25.9 Å². The first kappa shape index (κ1) is 51.1. The lowest BCUT2D eigenvalue weighted by Gasteiger charge is -2.29. The Morgan fingerprint density at radius 2 is 1.12 bits per heavy atom. The normalized spacial score (nSPS) is 17.7. The van der Waals surface area contributed by atoms with Crippen molar-refractivity contribution in [3.05, 3.63) is 181 Å². The van der Waals surface area contributed by atoms with E-state index in [-0.39, 0.29) is 35.9 Å². The number of carbonyl (C=O) groups is 4. The third kappa shape index (κ3) is 11.6. The second-order valence-corrected chi connectivity index (χ2v) is 17.4. The van der Waals surface area contributed by atoms with E-state index in [0.29, 0.717) is 47.4 Å². The van der Waals surface area contributed by atoms with Gasteiger partial charge in [0.15, 0.2) is 0 Å². The maximum Gasteiger partial charge on any atom is 0.488 e. The smallest absolute Gasteiger partial charge is 0.423 e. The molecule has 73 heavy (non-hydrogen) atoms. The minimum absolute atomic E-state index is 0.0647. The molecule has 0 saturated carbocycles. The number of anilines is 2. The lowest BCUT2D eigenvalue weighted by Crippen LogP contribution is -2.46. The van der Waals surface area contributed by atoms with Crippen molar-refractivity contribution in [2.45, 2.75) is 62.7 Å². The van der Waals surface area contributed by atoms with Crippen LogP contribution in [0.15, 0.2) is 158 Å². The molecule has 0 aliphatic carbocycles.